The Labute approximate surface area is 149 Å². The number of hydrogen-bond acceptors (Lipinski definition) is 6. The van der Waals surface area contributed by atoms with Crippen molar-refractivity contribution in [2.75, 3.05) is 5.32 Å². The zero-order valence-corrected chi connectivity index (χ0v) is 14.7. The SMILES string of the molecule is Cc1cc(NCc2cccc(S(N)(=O)=O)c2)c2cccc([N+](=O)[O-])c2n1. The largest absolute Gasteiger partial charge is 0.380 e. The van der Waals surface area contributed by atoms with Gasteiger partial charge in [0.25, 0.3) is 5.69 Å². The molecule has 8 nitrogen and oxygen atoms in total. The number of sulfonamides is 1. The number of rotatable bonds is 5. The van der Waals surface area contributed by atoms with Crippen LogP contribution in [0.5, 0.6) is 0 Å². The Balaban J connectivity index is 1.97. The van der Waals surface area contributed by atoms with Crippen LogP contribution in [0.2, 0.25) is 0 Å². The van der Waals surface area contributed by atoms with Crippen LogP contribution in [0, 0.1) is 17.0 Å². The summed E-state index contributed by atoms with van der Waals surface area (Å²) < 4.78 is 22.9. The fourth-order valence-electron chi connectivity index (χ4n) is 2.68. The van der Waals surface area contributed by atoms with Crippen molar-refractivity contribution in [3.05, 3.63) is 69.9 Å². The van der Waals surface area contributed by atoms with Crippen LogP contribution in [-0.2, 0) is 16.6 Å². The summed E-state index contributed by atoms with van der Waals surface area (Å²) >= 11 is 0. The molecule has 3 N–H and O–H groups in total. The number of benzene rings is 2. The summed E-state index contributed by atoms with van der Waals surface area (Å²) in [5.41, 5.74) is 2.26. The first-order valence-electron chi connectivity index (χ1n) is 7.66. The fourth-order valence-corrected chi connectivity index (χ4v) is 3.27. The number of non-ortho nitro benzene ring substituents is 1. The highest BCUT2D eigenvalue weighted by molar-refractivity contribution is 7.89. The van der Waals surface area contributed by atoms with Crippen molar-refractivity contribution in [2.24, 2.45) is 5.14 Å². The summed E-state index contributed by atoms with van der Waals surface area (Å²) in [6.45, 7) is 2.08. The van der Waals surface area contributed by atoms with Gasteiger partial charge >= 0.3 is 0 Å². The summed E-state index contributed by atoms with van der Waals surface area (Å²) in [6.07, 6.45) is 0. The quantitative estimate of drug-likeness (QED) is 0.523. The van der Waals surface area contributed by atoms with Gasteiger partial charge in [-0.1, -0.05) is 24.3 Å². The Morgan fingerprint density at radius 1 is 1.19 bits per heavy atom. The van der Waals surface area contributed by atoms with E-state index >= 15 is 0 Å². The first-order chi connectivity index (χ1) is 12.3. The van der Waals surface area contributed by atoms with Gasteiger partial charge in [0.1, 0.15) is 0 Å². The predicted molar refractivity (Wildman–Crippen MR) is 98.3 cm³/mol. The molecule has 1 aromatic heterocycles. The molecule has 0 amide bonds. The van der Waals surface area contributed by atoms with Crippen LogP contribution in [0.4, 0.5) is 11.4 Å². The minimum Gasteiger partial charge on any atom is -0.380 e. The number of nitrogens with zero attached hydrogens (tertiary/aromatic N) is 2. The van der Waals surface area contributed by atoms with Crippen molar-refractivity contribution in [2.45, 2.75) is 18.4 Å². The smallest absolute Gasteiger partial charge is 0.295 e. The number of anilines is 1. The summed E-state index contributed by atoms with van der Waals surface area (Å²) in [5, 5.41) is 20.2. The van der Waals surface area contributed by atoms with Gasteiger partial charge in [-0.15, -0.1) is 0 Å². The van der Waals surface area contributed by atoms with E-state index in [1.165, 1.54) is 18.2 Å². The van der Waals surface area contributed by atoms with Crippen molar-refractivity contribution in [1.29, 1.82) is 0 Å². The summed E-state index contributed by atoms with van der Waals surface area (Å²) in [7, 11) is -3.78. The highest BCUT2D eigenvalue weighted by atomic mass is 32.2. The topological polar surface area (TPSA) is 128 Å². The van der Waals surface area contributed by atoms with Gasteiger partial charge < -0.3 is 5.32 Å². The van der Waals surface area contributed by atoms with E-state index < -0.39 is 14.9 Å². The van der Waals surface area contributed by atoms with E-state index in [0.717, 1.165) is 0 Å². The molecule has 0 spiro atoms. The number of hydrogen-bond donors (Lipinski definition) is 2. The predicted octanol–water partition coefficient (Wildman–Crippen LogP) is 2.71. The van der Waals surface area contributed by atoms with Gasteiger partial charge in [-0.25, -0.2) is 18.5 Å². The van der Waals surface area contributed by atoms with Crippen molar-refractivity contribution in [1.82, 2.24) is 4.98 Å². The number of nitrogens with two attached hydrogens (primary N) is 1. The van der Waals surface area contributed by atoms with Crippen molar-refractivity contribution < 1.29 is 13.3 Å². The average molecular weight is 372 g/mol. The van der Waals surface area contributed by atoms with Crippen LogP contribution in [0.15, 0.2) is 53.4 Å². The molecule has 0 unspecified atom stereocenters. The Hall–Kier alpha value is -3.04. The van der Waals surface area contributed by atoms with Gasteiger partial charge in [-0.3, -0.25) is 10.1 Å². The van der Waals surface area contributed by atoms with Crippen LogP contribution in [0.1, 0.15) is 11.3 Å². The molecule has 0 radical (unpaired) electrons. The number of pyridine rings is 1. The number of nitrogens with one attached hydrogen (secondary N) is 1. The van der Waals surface area contributed by atoms with Gasteiger partial charge in [0, 0.05) is 29.4 Å². The fraction of sp³-hybridized carbons (Fsp3) is 0.118. The molecule has 26 heavy (non-hydrogen) atoms. The normalized spacial score (nSPS) is 11.5. The maximum atomic E-state index is 11.5. The van der Waals surface area contributed by atoms with E-state index in [1.54, 1.807) is 37.3 Å². The van der Waals surface area contributed by atoms with Crippen LogP contribution >= 0.6 is 0 Å². The molecule has 3 rings (SSSR count). The van der Waals surface area contributed by atoms with E-state index in [0.29, 0.717) is 34.4 Å². The second-order valence-corrected chi connectivity index (χ2v) is 7.35. The second kappa shape index (κ2) is 6.70. The van der Waals surface area contributed by atoms with Crippen molar-refractivity contribution in [3.8, 4) is 0 Å². The highest BCUT2D eigenvalue weighted by Crippen LogP contribution is 2.30. The van der Waals surface area contributed by atoms with Crippen LogP contribution in [0.25, 0.3) is 10.9 Å². The van der Waals surface area contributed by atoms with Gasteiger partial charge in [-0.2, -0.15) is 0 Å². The van der Waals surface area contributed by atoms with Crippen LogP contribution in [0.3, 0.4) is 0 Å². The van der Waals surface area contributed by atoms with E-state index in [-0.39, 0.29) is 10.6 Å². The second-order valence-electron chi connectivity index (χ2n) is 5.79. The molecule has 9 heteroatoms. The number of para-hydroxylation sites is 1. The molecule has 0 saturated heterocycles. The monoisotopic (exact) mass is 372 g/mol. The lowest BCUT2D eigenvalue weighted by atomic mass is 10.1. The molecular formula is C17H16N4O4S. The average Bonchev–Trinajstić information content (AvgIpc) is 2.58. The lowest BCUT2D eigenvalue weighted by Crippen LogP contribution is -2.12. The van der Waals surface area contributed by atoms with Crippen LogP contribution in [-0.4, -0.2) is 18.3 Å². The Morgan fingerprint density at radius 3 is 2.62 bits per heavy atom. The van der Waals surface area contributed by atoms with E-state index in [9.17, 15) is 18.5 Å². The number of aromatic nitrogens is 1. The van der Waals surface area contributed by atoms with Gasteiger partial charge in [0.15, 0.2) is 5.52 Å². The molecule has 0 aliphatic heterocycles. The van der Waals surface area contributed by atoms with Crippen molar-refractivity contribution >= 4 is 32.3 Å². The minimum atomic E-state index is -3.78. The zero-order chi connectivity index (χ0) is 18.9. The lowest BCUT2D eigenvalue weighted by molar-refractivity contribution is -0.383. The first kappa shape index (κ1) is 17.8. The molecule has 0 aliphatic carbocycles. The number of primary sulfonamides is 1. The number of fused-ring (bicyclic) bond motifs is 1. The Kier molecular flexibility index (Phi) is 4.58. The lowest BCUT2D eigenvalue weighted by Gasteiger charge is -2.11. The Morgan fingerprint density at radius 2 is 1.92 bits per heavy atom. The first-order valence-corrected chi connectivity index (χ1v) is 9.21. The molecule has 1 heterocycles. The van der Waals surface area contributed by atoms with Crippen LogP contribution < -0.4 is 10.5 Å². The van der Waals surface area contributed by atoms with Crippen molar-refractivity contribution in [3.63, 3.8) is 0 Å². The molecule has 0 fully saturated rings. The van der Waals surface area contributed by atoms with Gasteiger partial charge in [0.2, 0.25) is 10.0 Å². The zero-order valence-electron chi connectivity index (χ0n) is 13.8. The molecule has 134 valence electrons. The summed E-state index contributed by atoms with van der Waals surface area (Å²) in [4.78, 5) is 15.1. The molecule has 0 aliphatic rings. The summed E-state index contributed by atoms with van der Waals surface area (Å²) in [6, 6.07) is 12.8. The molecule has 3 aromatic rings. The third-order valence-electron chi connectivity index (χ3n) is 3.85. The highest BCUT2D eigenvalue weighted by Gasteiger charge is 2.15. The molecular weight excluding hydrogens is 356 g/mol. The van der Waals surface area contributed by atoms with Gasteiger partial charge in [-0.05, 0) is 30.7 Å². The molecule has 0 saturated carbocycles. The van der Waals surface area contributed by atoms with E-state index in [4.69, 9.17) is 5.14 Å². The maximum absolute atomic E-state index is 11.5. The van der Waals surface area contributed by atoms with Gasteiger partial charge in [0.05, 0.1) is 9.82 Å². The molecule has 0 bridgehead atoms. The standard InChI is InChI=1S/C17H16N4O4S/c1-11-8-15(14-6-3-7-16(21(22)23)17(14)20-11)19-10-12-4-2-5-13(9-12)26(18,24)25/h2-9H,10H2,1H3,(H,19,20)(H2,18,24,25). The maximum Gasteiger partial charge on any atom is 0.295 e. The minimum absolute atomic E-state index is 0.0307. The molecule has 2 aromatic carbocycles. The number of aryl methyl sites for hydroxylation is 1. The van der Waals surface area contributed by atoms with E-state index in [2.05, 4.69) is 10.3 Å². The third-order valence-corrected chi connectivity index (χ3v) is 4.76. The van der Waals surface area contributed by atoms with E-state index in [1.807, 2.05) is 0 Å². The Bertz CT molecular complexity index is 1110. The third kappa shape index (κ3) is 3.63. The number of nitro benzene ring substituents is 1. The molecule has 0 atom stereocenters. The summed E-state index contributed by atoms with van der Waals surface area (Å²) in [5.74, 6) is 0. The number of nitro groups is 1.